The van der Waals surface area contributed by atoms with Crippen molar-refractivity contribution in [3.05, 3.63) is 23.3 Å². The van der Waals surface area contributed by atoms with Gasteiger partial charge in [0, 0.05) is 35.8 Å². The van der Waals surface area contributed by atoms with Gasteiger partial charge in [0.05, 0.1) is 5.57 Å². The molecule has 8 atom stereocenters. The highest BCUT2D eigenvalue weighted by Crippen LogP contribution is 2.75. The van der Waals surface area contributed by atoms with E-state index in [1.807, 2.05) is 19.9 Å². The van der Waals surface area contributed by atoms with E-state index >= 15 is 0 Å². The predicted molar refractivity (Wildman–Crippen MR) is 151 cm³/mol. The molecule has 0 radical (unpaired) electrons. The number of carboxylic acid groups (broad SMARTS) is 1. The van der Waals surface area contributed by atoms with Crippen molar-refractivity contribution in [2.75, 3.05) is 13.6 Å². The average molecular weight is 551 g/mol. The van der Waals surface area contributed by atoms with Crippen LogP contribution in [0.1, 0.15) is 93.4 Å². The molecule has 0 aliphatic heterocycles. The van der Waals surface area contributed by atoms with E-state index < -0.39 is 33.4 Å². The third-order valence-electron chi connectivity index (χ3n) is 13.3. The van der Waals surface area contributed by atoms with E-state index in [1.54, 1.807) is 13.1 Å². The summed E-state index contributed by atoms with van der Waals surface area (Å²) in [6, 6.07) is 2.14. The Kier molecular flexibility index (Phi) is 6.03. The highest BCUT2D eigenvalue weighted by atomic mass is 16.4. The number of nitriles is 1. The van der Waals surface area contributed by atoms with Crippen molar-refractivity contribution in [1.29, 1.82) is 5.26 Å². The van der Waals surface area contributed by atoms with Crippen LogP contribution in [0.4, 0.5) is 4.79 Å². The fraction of sp³-hybridized carbons (Fsp3) is 0.758. The standard InChI is InChI=1S/C33H46N2O5/c1-27(2)21-9-10-31(6)22(30(21,5)16-20(18-34)25(27)37)15-24(36)33(40)23-17-28(3,19-35(8)26(38)39)11-12-29(23,4)13-14-32(31,33)7/h15-16,21,23,40H,9-14,17,19H2,1-8H3,(H,38,39)/t21-,23+,28-,29+,30-,31+,32-,33+/m0/s1. The Morgan fingerprint density at radius 2 is 1.65 bits per heavy atom. The average Bonchev–Trinajstić information content (AvgIpc) is 2.86. The topological polar surface area (TPSA) is 119 Å². The lowest BCUT2D eigenvalue weighted by molar-refractivity contribution is -0.243. The molecule has 0 aromatic heterocycles. The molecule has 0 unspecified atom stereocenters. The van der Waals surface area contributed by atoms with Gasteiger partial charge in [-0.1, -0.05) is 54.5 Å². The van der Waals surface area contributed by atoms with Gasteiger partial charge in [-0.15, -0.1) is 0 Å². The molecule has 7 heteroatoms. The molecule has 3 fully saturated rings. The molecule has 0 spiro atoms. The molecule has 0 heterocycles. The highest BCUT2D eigenvalue weighted by molar-refractivity contribution is 6.05. The number of rotatable bonds is 2. The van der Waals surface area contributed by atoms with Crippen molar-refractivity contribution in [3.8, 4) is 6.07 Å². The van der Waals surface area contributed by atoms with Gasteiger partial charge in [-0.05, 0) is 78.8 Å². The van der Waals surface area contributed by atoms with Crippen molar-refractivity contribution in [1.82, 2.24) is 4.90 Å². The van der Waals surface area contributed by atoms with Gasteiger partial charge in [-0.25, -0.2) is 4.79 Å². The first-order valence-corrected chi connectivity index (χ1v) is 14.9. The molecule has 218 valence electrons. The number of amides is 1. The van der Waals surface area contributed by atoms with Crippen molar-refractivity contribution in [2.24, 2.45) is 44.3 Å². The number of aliphatic hydroxyl groups is 1. The fourth-order valence-electron chi connectivity index (χ4n) is 10.6. The SMILES string of the molecule is CN(C[C@@]1(C)CC[C@]2(C)CC[C@@]3(C)[C@]4(C)CC[C@H]5C(C)(C)C(=O)C(C#N)=C[C@]5(C)C4=CC(=O)[C@]3(O)[C@@H]2C1)C(=O)O. The van der Waals surface area contributed by atoms with E-state index in [9.17, 15) is 29.9 Å². The molecule has 0 aromatic rings. The fourth-order valence-corrected chi connectivity index (χ4v) is 10.6. The van der Waals surface area contributed by atoms with E-state index in [1.165, 1.54) is 4.90 Å². The number of fused-ring (bicyclic) bond motifs is 7. The Morgan fingerprint density at radius 1 is 1.02 bits per heavy atom. The van der Waals surface area contributed by atoms with E-state index in [0.717, 1.165) is 37.7 Å². The number of allylic oxidation sites excluding steroid dienone is 3. The summed E-state index contributed by atoms with van der Waals surface area (Å²) in [6.45, 7) is 14.9. The number of hydrogen-bond donors (Lipinski definition) is 2. The quantitative estimate of drug-likeness (QED) is 0.440. The van der Waals surface area contributed by atoms with Gasteiger partial charge in [0.15, 0.2) is 11.6 Å². The van der Waals surface area contributed by atoms with Crippen molar-refractivity contribution >= 4 is 17.7 Å². The lowest BCUT2D eigenvalue weighted by Crippen LogP contribution is -2.74. The number of hydrogen-bond acceptors (Lipinski definition) is 5. The summed E-state index contributed by atoms with van der Waals surface area (Å²) in [4.78, 5) is 40.7. The van der Waals surface area contributed by atoms with E-state index in [-0.39, 0.29) is 39.8 Å². The molecule has 3 saturated carbocycles. The molecular formula is C33H46N2O5. The zero-order valence-electron chi connectivity index (χ0n) is 25.5. The van der Waals surface area contributed by atoms with Crippen LogP contribution >= 0.6 is 0 Å². The smallest absolute Gasteiger partial charge is 0.407 e. The molecule has 0 aromatic carbocycles. The van der Waals surface area contributed by atoms with E-state index in [2.05, 4.69) is 40.7 Å². The Bertz CT molecular complexity index is 1310. The highest BCUT2D eigenvalue weighted by Gasteiger charge is 2.75. The first kappa shape index (κ1) is 29.0. The van der Waals surface area contributed by atoms with Crippen LogP contribution in [0.5, 0.6) is 0 Å². The predicted octanol–water partition coefficient (Wildman–Crippen LogP) is 5.93. The van der Waals surface area contributed by atoms with Crippen LogP contribution in [0.25, 0.3) is 0 Å². The Hall–Kier alpha value is -2.46. The number of ketones is 2. The van der Waals surface area contributed by atoms with Gasteiger partial charge in [0.2, 0.25) is 0 Å². The second kappa shape index (κ2) is 8.31. The second-order valence-corrected chi connectivity index (χ2v) is 15.8. The van der Waals surface area contributed by atoms with Gasteiger partial charge in [-0.3, -0.25) is 9.59 Å². The van der Waals surface area contributed by atoms with Crippen LogP contribution in [0.15, 0.2) is 23.3 Å². The van der Waals surface area contributed by atoms with Gasteiger partial charge in [-0.2, -0.15) is 5.26 Å². The monoisotopic (exact) mass is 550 g/mol. The molecule has 5 rings (SSSR count). The van der Waals surface area contributed by atoms with E-state index in [0.29, 0.717) is 19.4 Å². The van der Waals surface area contributed by atoms with Gasteiger partial charge in [0.1, 0.15) is 11.7 Å². The molecule has 0 bridgehead atoms. The number of nitrogens with zero attached hydrogens (tertiary/aromatic N) is 2. The minimum atomic E-state index is -1.59. The minimum Gasteiger partial charge on any atom is -0.465 e. The Balaban J connectivity index is 1.66. The maximum Gasteiger partial charge on any atom is 0.407 e. The first-order valence-electron chi connectivity index (χ1n) is 14.9. The first-order chi connectivity index (χ1) is 18.3. The Morgan fingerprint density at radius 3 is 2.25 bits per heavy atom. The molecule has 1 amide bonds. The van der Waals surface area contributed by atoms with Crippen LogP contribution < -0.4 is 0 Å². The normalized spacial score (nSPS) is 47.4. The lowest BCUT2D eigenvalue weighted by Gasteiger charge is -2.71. The van der Waals surface area contributed by atoms with Crippen LogP contribution in [-0.2, 0) is 9.59 Å². The van der Waals surface area contributed by atoms with Gasteiger partial charge >= 0.3 is 6.09 Å². The lowest BCUT2D eigenvalue weighted by atomic mass is 9.33. The van der Waals surface area contributed by atoms with Crippen LogP contribution in [-0.4, -0.2) is 52.0 Å². The zero-order chi connectivity index (χ0) is 29.9. The number of carbonyl (C=O) groups excluding carboxylic acids is 2. The maximum absolute atomic E-state index is 14.5. The molecular weight excluding hydrogens is 504 g/mol. The van der Waals surface area contributed by atoms with Crippen molar-refractivity contribution < 1.29 is 24.6 Å². The summed E-state index contributed by atoms with van der Waals surface area (Å²) < 4.78 is 0. The molecule has 5 aliphatic carbocycles. The third-order valence-corrected chi connectivity index (χ3v) is 13.3. The molecule has 7 nitrogen and oxygen atoms in total. The maximum atomic E-state index is 14.5. The molecule has 0 saturated heterocycles. The summed E-state index contributed by atoms with van der Waals surface area (Å²) in [5.41, 5.74) is -3.69. The Labute approximate surface area is 238 Å². The summed E-state index contributed by atoms with van der Waals surface area (Å²) in [5.74, 6) is -0.752. The zero-order valence-corrected chi connectivity index (χ0v) is 25.5. The number of carbonyl (C=O) groups is 3. The largest absolute Gasteiger partial charge is 0.465 e. The summed E-state index contributed by atoms with van der Waals surface area (Å²) in [7, 11) is 1.58. The van der Waals surface area contributed by atoms with Gasteiger partial charge < -0.3 is 15.1 Å². The van der Waals surface area contributed by atoms with Crippen LogP contribution in [0, 0.1) is 55.7 Å². The second-order valence-electron chi connectivity index (χ2n) is 15.8. The van der Waals surface area contributed by atoms with Crippen molar-refractivity contribution in [3.63, 3.8) is 0 Å². The minimum absolute atomic E-state index is 0.0510. The third kappa shape index (κ3) is 3.35. The van der Waals surface area contributed by atoms with Crippen LogP contribution in [0.3, 0.4) is 0 Å². The van der Waals surface area contributed by atoms with Crippen LogP contribution in [0.2, 0.25) is 0 Å². The molecule has 40 heavy (non-hydrogen) atoms. The summed E-state index contributed by atoms with van der Waals surface area (Å²) in [5, 5.41) is 32.4. The number of Topliss-reactive ketones (excluding diaryl/α,β-unsaturated/α-hetero) is 1. The van der Waals surface area contributed by atoms with E-state index in [4.69, 9.17) is 0 Å². The van der Waals surface area contributed by atoms with Gasteiger partial charge in [0.25, 0.3) is 0 Å². The summed E-state index contributed by atoms with van der Waals surface area (Å²) in [6.07, 6.45) is 7.93. The molecule has 5 aliphatic rings. The van der Waals surface area contributed by atoms with Crippen molar-refractivity contribution in [2.45, 2.75) is 99.0 Å². The summed E-state index contributed by atoms with van der Waals surface area (Å²) >= 11 is 0. The molecule has 2 N–H and O–H groups in total.